The number of methoxy groups -OCH3 is 1. The van der Waals surface area contributed by atoms with Crippen LogP contribution >= 0.6 is 0 Å². The van der Waals surface area contributed by atoms with Gasteiger partial charge in [0.05, 0.1) is 13.2 Å². The summed E-state index contributed by atoms with van der Waals surface area (Å²) in [6.45, 7) is 2.13. The van der Waals surface area contributed by atoms with Crippen LogP contribution in [0.5, 0.6) is 5.75 Å². The number of hydrogen-bond donors (Lipinski definition) is 1. The number of ether oxygens (including phenoxy) is 1. The summed E-state index contributed by atoms with van der Waals surface area (Å²) in [5.41, 5.74) is 3.88. The molecule has 1 fully saturated rings. The van der Waals surface area contributed by atoms with E-state index in [-0.39, 0.29) is 11.9 Å². The molecule has 0 aromatic heterocycles. The Morgan fingerprint density at radius 3 is 2.94 bits per heavy atom. The van der Waals surface area contributed by atoms with Gasteiger partial charge in [0.1, 0.15) is 5.75 Å². The van der Waals surface area contributed by atoms with Crippen LogP contribution in [0.1, 0.15) is 29.2 Å². The van der Waals surface area contributed by atoms with Gasteiger partial charge in [-0.2, -0.15) is 0 Å². The average molecular weight is 217 g/mol. The topological polar surface area (TPSA) is 38.3 Å². The Morgan fingerprint density at radius 1 is 1.38 bits per heavy atom. The Balaban J connectivity index is 2.14. The van der Waals surface area contributed by atoms with Crippen LogP contribution in [0, 0.1) is 12.8 Å². The van der Waals surface area contributed by atoms with Gasteiger partial charge in [0.15, 0.2) is 0 Å². The SMILES string of the molecule is COc1ccc(C)c2c1C1NC(=O)CC1C2. The summed E-state index contributed by atoms with van der Waals surface area (Å²) >= 11 is 0. The fourth-order valence-corrected chi connectivity index (χ4v) is 3.01. The number of hydrogen-bond acceptors (Lipinski definition) is 2. The molecule has 3 nitrogen and oxygen atoms in total. The number of nitrogens with one attached hydrogen (secondary N) is 1. The minimum Gasteiger partial charge on any atom is -0.496 e. The van der Waals surface area contributed by atoms with E-state index in [0.29, 0.717) is 12.3 Å². The number of amides is 1. The Labute approximate surface area is 94.8 Å². The lowest BCUT2D eigenvalue weighted by Crippen LogP contribution is -2.19. The minimum atomic E-state index is 0.171. The minimum absolute atomic E-state index is 0.171. The van der Waals surface area contributed by atoms with Gasteiger partial charge >= 0.3 is 0 Å². The molecule has 3 heteroatoms. The van der Waals surface area contributed by atoms with Crippen molar-refractivity contribution in [1.29, 1.82) is 0 Å². The highest BCUT2D eigenvalue weighted by atomic mass is 16.5. The lowest BCUT2D eigenvalue weighted by molar-refractivity contribution is -0.119. The van der Waals surface area contributed by atoms with Crippen LogP contribution < -0.4 is 10.1 Å². The van der Waals surface area contributed by atoms with Gasteiger partial charge in [-0.15, -0.1) is 0 Å². The number of fused-ring (bicyclic) bond motifs is 3. The fraction of sp³-hybridized carbons (Fsp3) is 0.462. The zero-order valence-corrected chi connectivity index (χ0v) is 9.54. The molecule has 1 aromatic rings. The van der Waals surface area contributed by atoms with Crippen molar-refractivity contribution < 1.29 is 9.53 Å². The van der Waals surface area contributed by atoms with Gasteiger partial charge < -0.3 is 10.1 Å². The molecule has 0 saturated carbocycles. The summed E-state index contributed by atoms with van der Waals surface area (Å²) in [6, 6.07) is 4.28. The van der Waals surface area contributed by atoms with Crippen molar-refractivity contribution in [3.8, 4) is 5.75 Å². The standard InChI is InChI=1S/C13H15NO2/c1-7-3-4-10(16-2)12-9(7)5-8-6-11(15)14-13(8)12/h3-4,8,13H,5-6H2,1-2H3,(H,14,15). The monoisotopic (exact) mass is 217 g/mol. The third kappa shape index (κ3) is 1.17. The Morgan fingerprint density at radius 2 is 2.19 bits per heavy atom. The molecule has 16 heavy (non-hydrogen) atoms. The van der Waals surface area contributed by atoms with Crippen molar-refractivity contribution in [3.63, 3.8) is 0 Å². The van der Waals surface area contributed by atoms with Gasteiger partial charge in [0.25, 0.3) is 0 Å². The highest BCUT2D eigenvalue weighted by Crippen LogP contribution is 2.46. The van der Waals surface area contributed by atoms with Crippen LogP contribution in [0.15, 0.2) is 12.1 Å². The smallest absolute Gasteiger partial charge is 0.220 e. The molecule has 1 aliphatic heterocycles. The molecule has 1 amide bonds. The molecule has 3 rings (SSSR count). The quantitative estimate of drug-likeness (QED) is 0.778. The molecule has 1 heterocycles. The van der Waals surface area contributed by atoms with Gasteiger partial charge in [-0.1, -0.05) is 6.07 Å². The zero-order chi connectivity index (χ0) is 11.3. The molecular weight excluding hydrogens is 202 g/mol. The predicted octanol–water partition coefficient (Wildman–Crippen LogP) is 1.74. The highest BCUT2D eigenvalue weighted by molar-refractivity contribution is 5.80. The van der Waals surface area contributed by atoms with Crippen LogP contribution in [0.4, 0.5) is 0 Å². The number of carbonyl (C=O) groups excluding carboxylic acids is 1. The van der Waals surface area contributed by atoms with Crippen LogP contribution in [0.3, 0.4) is 0 Å². The molecule has 2 unspecified atom stereocenters. The summed E-state index contributed by atoms with van der Waals surface area (Å²) in [7, 11) is 1.69. The second-order valence-electron chi connectivity index (χ2n) is 4.69. The lowest BCUT2D eigenvalue weighted by Gasteiger charge is -2.15. The first-order valence-corrected chi connectivity index (χ1v) is 5.66. The van der Waals surface area contributed by atoms with Crippen LogP contribution in [-0.2, 0) is 11.2 Å². The second-order valence-corrected chi connectivity index (χ2v) is 4.69. The lowest BCUT2D eigenvalue weighted by atomic mass is 10.0. The number of rotatable bonds is 1. The summed E-state index contributed by atoms with van der Waals surface area (Å²) in [4.78, 5) is 11.4. The Kier molecular flexibility index (Phi) is 1.96. The van der Waals surface area contributed by atoms with E-state index in [0.717, 1.165) is 12.2 Å². The van der Waals surface area contributed by atoms with E-state index in [2.05, 4.69) is 18.3 Å². The highest BCUT2D eigenvalue weighted by Gasteiger charge is 2.42. The third-order valence-electron chi connectivity index (χ3n) is 3.78. The van der Waals surface area contributed by atoms with E-state index in [1.807, 2.05) is 6.07 Å². The van der Waals surface area contributed by atoms with Gasteiger partial charge in [-0.25, -0.2) is 0 Å². The summed E-state index contributed by atoms with van der Waals surface area (Å²) in [5.74, 6) is 1.51. The maximum Gasteiger partial charge on any atom is 0.220 e. The van der Waals surface area contributed by atoms with Gasteiger partial charge in [0, 0.05) is 12.0 Å². The van der Waals surface area contributed by atoms with E-state index in [1.165, 1.54) is 16.7 Å². The summed E-state index contributed by atoms with van der Waals surface area (Å²) in [5, 5.41) is 3.06. The van der Waals surface area contributed by atoms with E-state index in [4.69, 9.17) is 4.74 Å². The van der Waals surface area contributed by atoms with Gasteiger partial charge in [-0.05, 0) is 36.5 Å². The van der Waals surface area contributed by atoms with Crippen molar-refractivity contribution in [1.82, 2.24) is 5.32 Å². The molecule has 0 radical (unpaired) electrons. The van der Waals surface area contributed by atoms with Gasteiger partial charge in [-0.3, -0.25) is 4.79 Å². The first-order valence-electron chi connectivity index (χ1n) is 5.66. The van der Waals surface area contributed by atoms with E-state index in [9.17, 15) is 4.79 Å². The molecule has 0 spiro atoms. The molecule has 1 aromatic carbocycles. The first-order chi connectivity index (χ1) is 7.70. The second kappa shape index (κ2) is 3.24. The van der Waals surface area contributed by atoms with E-state index >= 15 is 0 Å². The van der Waals surface area contributed by atoms with Crippen LogP contribution in [-0.4, -0.2) is 13.0 Å². The fourth-order valence-electron chi connectivity index (χ4n) is 3.01. The zero-order valence-electron chi connectivity index (χ0n) is 9.54. The Bertz CT molecular complexity index is 467. The first kappa shape index (κ1) is 9.70. The van der Waals surface area contributed by atoms with E-state index < -0.39 is 0 Å². The van der Waals surface area contributed by atoms with Crippen LogP contribution in [0.2, 0.25) is 0 Å². The molecule has 2 aliphatic rings. The van der Waals surface area contributed by atoms with Crippen molar-refractivity contribution >= 4 is 5.91 Å². The number of carbonyl (C=O) groups is 1. The largest absolute Gasteiger partial charge is 0.496 e. The normalized spacial score (nSPS) is 26.2. The van der Waals surface area contributed by atoms with Crippen molar-refractivity contribution in [2.45, 2.75) is 25.8 Å². The predicted molar refractivity (Wildman–Crippen MR) is 60.4 cm³/mol. The third-order valence-corrected chi connectivity index (χ3v) is 3.78. The maximum absolute atomic E-state index is 11.4. The molecule has 2 atom stereocenters. The summed E-state index contributed by atoms with van der Waals surface area (Å²) < 4.78 is 5.40. The molecular formula is C13H15NO2. The molecule has 84 valence electrons. The van der Waals surface area contributed by atoms with Crippen LogP contribution in [0.25, 0.3) is 0 Å². The number of aryl methyl sites for hydroxylation is 1. The van der Waals surface area contributed by atoms with E-state index in [1.54, 1.807) is 7.11 Å². The van der Waals surface area contributed by atoms with Crippen molar-refractivity contribution in [2.24, 2.45) is 5.92 Å². The molecule has 1 aliphatic carbocycles. The summed E-state index contributed by atoms with van der Waals surface area (Å²) in [6.07, 6.45) is 1.66. The average Bonchev–Trinajstić information content (AvgIpc) is 2.76. The maximum atomic E-state index is 11.4. The Hall–Kier alpha value is -1.51. The molecule has 1 saturated heterocycles. The van der Waals surface area contributed by atoms with Gasteiger partial charge in [0.2, 0.25) is 5.91 Å². The van der Waals surface area contributed by atoms with Crippen molar-refractivity contribution in [3.05, 3.63) is 28.8 Å². The number of benzene rings is 1. The molecule has 1 N–H and O–H groups in total. The van der Waals surface area contributed by atoms with Crippen molar-refractivity contribution in [2.75, 3.05) is 7.11 Å². The molecule has 0 bridgehead atoms.